The maximum atomic E-state index is 13.8. The highest BCUT2D eigenvalue weighted by Crippen LogP contribution is 2.37. The third-order valence-electron chi connectivity index (χ3n) is 5.34. The van der Waals surface area contributed by atoms with E-state index in [9.17, 15) is 17.6 Å². The molecule has 2 heterocycles. The van der Waals surface area contributed by atoms with Gasteiger partial charge in [-0.2, -0.15) is 4.31 Å². The van der Waals surface area contributed by atoms with Crippen LogP contribution in [0, 0.1) is 5.82 Å². The highest BCUT2D eigenvalue weighted by molar-refractivity contribution is 7.99. The van der Waals surface area contributed by atoms with E-state index >= 15 is 0 Å². The monoisotopic (exact) mass is 466 g/mol. The van der Waals surface area contributed by atoms with Crippen LogP contribution in [0.5, 0.6) is 5.75 Å². The van der Waals surface area contributed by atoms with Crippen molar-refractivity contribution in [3.05, 3.63) is 53.3 Å². The molecule has 2 aromatic carbocycles. The Morgan fingerprint density at radius 3 is 2.74 bits per heavy atom. The number of nitrogens with zero attached hydrogens (tertiary/aromatic N) is 1. The topological polar surface area (TPSA) is 84.9 Å². The number of morpholine rings is 1. The molecule has 0 bridgehead atoms. The number of ether oxygens (including phenoxy) is 2. The Morgan fingerprint density at radius 2 is 2.00 bits per heavy atom. The van der Waals surface area contributed by atoms with Gasteiger partial charge in [-0.05, 0) is 48.4 Å². The Kier molecular flexibility index (Phi) is 6.52. The number of hydrogen-bond acceptors (Lipinski definition) is 6. The van der Waals surface area contributed by atoms with Gasteiger partial charge in [-0.15, -0.1) is 11.8 Å². The second kappa shape index (κ2) is 9.15. The Labute approximate surface area is 185 Å². The van der Waals surface area contributed by atoms with Gasteiger partial charge in [0, 0.05) is 23.7 Å². The van der Waals surface area contributed by atoms with Crippen LogP contribution >= 0.6 is 11.8 Å². The second-order valence-electron chi connectivity index (χ2n) is 7.22. The summed E-state index contributed by atoms with van der Waals surface area (Å²) in [6.45, 7) is 1.19. The zero-order chi connectivity index (χ0) is 22.0. The molecule has 10 heteroatoms. The van der Waals surface area contributed by atoms with Gasteiger partial charge in [0.1, 0.15) is 11.6 Å². The predicted octanol–water partition coefficient (Wildman–Crippen LogP) is 2.82. The van der Waals surface area contributed by atoms with Crippen molar-refractivity contribution in [2.24, 2.45) is 0 Å². The third kappa shape index (κ3) is 4.57. The number of thioether (sulfide) groups is 1. The van der Waals surface area contributed by atoms with Crippen LogP contribution in [0.25, 0.3) is 0 Å². The zero-order valence-electron chi connectivity index (χ0n) is 17.0. The van der Waals surface area contributed by atoms with Gasteiger partial charge in [0.2, 0.25) is 10.0 Å². The van der Waals surface area contributed by atoms with E-state index in [1.54, 1.807) is 17.8 Å². The highest BCUT2D eigenvalue weighted by atomic mass is 32.2. The summed E-state index contributed by atoms with van der Waals surface area (Å²) in [5.74, 6) is 0.217. The SMILES string of the molecule is COc1ccc(S(=O)(=O)N2CCOCC2)cc1C(=O)N[C@H]1CCSc2ccc(F)cc21. The lowest BCUT2D eigenvalue weighted by atomic mass is 10.0. The zero-order valence-corrected chi connectivity index (χ0v) is 18.6. The number of carbonyl (C=O) groups is 1. The van der Waals surface area contributed by atoms with Crippen molar-refractivity contribution in [3.63, 3.8) is 0 Å². The fraction of sp³-hybridized carbons (Fsp3) is 0.381. The van der Waals surface area contributed by atoms with Crippen LogP contribution in [0.15, 0.2) is 46.2 Å². The lowest BCUT2D eigenvalue weighted by molar-refractivity contribution is 0.0730. The van der Waals surface area contributed by atoms with Gasteiger partial charge in [0.25, 0.3) is 5.91 Å². The summed E-state index contributed by atoms with van der Waals surface area (Å²) >= 11 is 1.62. The molecule has 0 spiro atoms. The smallest absolute Gasteiger partial charge is 0.255 e. The van der Waals surface area contributed by atoms with Crippen molar-refractivity contribution in [1.82, 2.24) is 9.62 Å². The van der Waals surface area contributed by atoms with Gasteiger partial charge in [-0.1, -0.05) is 0 Å². The quantitative estimate of drug-likeness (QED) is 0.730. The van der Waals surface area contributed by atoms with Crippen LogP contribution < -0.4 is 10.1 Å². The number of rotatable bonds is 5. The maximum Gasteiger partial charge on any atom is 0.255 e. The first kappa shape index (κ1) is 22.1. The van der Waals surface area contributed by atoms with E-state index in [4.69, 9.17) is 9.47 Å². The molecule has 0 saturated carbocycles. The van der Waals surface area contributed by atoms with E-state index in [-0.39, 0.29) is 41.2 Å². The summed E-state index contributed by atoms with van der Waals surface area (Å²) in [4.78, 5) is 14.1. The lowest BCUT2D eigenvalue weighted by Crippen LogP contribution is -2.40. The summed E-state index contributed by atoms with van der Waals surface area (Å²) in [6, 6.07) is 8.42. The normalized spacial score (nSPS) is 19.5. The average Bonchev–Trinajstić information content (AvgIpc) is 2.79. The lowest BCUT2D eigenvalue weighted by Gasteiger charge is -2.27. The number of sulfonamides is 1. The standard InChI is InChI=1S/C21H23FN2O5S2/c1-28-19-4-3-15(31(26,27)24-7-9-29-10-8-24)13-17(19)21(25)23-18-6-11-30-20-5-2-14(22)12-16(18)20/h2-5,12-13,18H,6-11H2,1H3,(H,23,25)/t18-/m0/s1. The van der Waals surface area contributed by atoms with Gasteiger partial charge in [-0.3, -0.25) is 4.79 Å². The van der Waals surface area contributed by atoms with Crippen LogP contribution in [0.1, 0.15) is 28.4 Å². The van der Waals surface area contributed by atoms with Gasteiger partial charge < -0.3 is 14.8 Å². The average molecular weight is 467 g/mol. The number of methoxy groups -OCH3 is 1. The fourth-order valence-electron chi connectivity index (χ4n) is 3.71. The van der Waals surface area contributed by atoms with E-state index in [1.807, 2.05) is 0 Å². The minimum Gasteiger partial charge on any atom is -0.496 e. The number of hydrogen-bond donors (Lipinski definition) is 1. The van der Waals surface area contributed by atoms with Crippen LogP contribution in [-0.4, -0.2) is 57.8 Å². The predicted molar refractivity (Wildman–Crippen MR) is 115 cm³/mol. The van der Waals surface area contributed by atoms with E-state index in [0.29, 0.717) is 19.6 Å². The van der Waals surface area contributed by atoms with E-state index < -0.39 is 15.9 Å². The molecule has 2 aromatic rings. The van der Waals surface area contributed by atoms with Crippen LogP contribution in [0.4, 0.5) is 4.39 Å². The van der Waals surface area contributed by atoms with Crippen molar-refractivity contribution in [3.8, 4) is 5.75 Å². The van der Waals surface area contributed by atoms with Crippen molar-refractivity contribution in [1.29, 1.82) is 0 Å². The van der Waals surface area contributed by atoms with E-state index in [0.717, 1.165) is 16.2 Å². The Balaban J connectivity index is 1.63. The molecule has 0 radical (unpaired) electrons. The first-order chi connectivity index (χ1) is 14.9. The van der Waals surface area contributed by atoms with Crippen LogP contribution in [0.3, 0.4) is 0 Å². The number of halogens is 1. The van der Waals surface area contributed by atoms with Gasteiger partial charge in [0.05, 0.1) is 36.8 Å². The summed E-state index contributed by atoms with van der Waals surface area (Å²) in [6.07, 6.45) is 0.640. The van der Waals surface area contributed by atoms with E-state index in [2.05, 4.69) is 5.32 Å². The van der Waals surface area contributed by atoms with Crippen molar-refractivity contribution < 1.29 is 27.1 Å². The number of fused-ring (bicyclic) bond motifs is 1. The number of amides is 1. The van der Waals surface area contributed by atoms with Gasteiger partial charge in [-0.25, -0.2) is 12.8 Å². The Hall–Kier alpha value is -2.14. The molecule has 1 atom stereocenters. The molecular weight excluding hydrogens is 443 g/mol. The summed E-state index contributed by atoms with van der Waals surface area (Å²) in [5.41, 5.74) is 0.841. The van der Waals surface area contributed by atoms with Crippen LogP contribution in [-0.2, 0) is 14.8 Å². The van der Waals surface area contributed by atoms with Crippen molar-refractivity contribution in [2.75, 3.05) is 39.2 Å². The molecule has 31 heavy (non-hydrogen) atoms. The molecule has 0 unspecified atom stereocenters. The number of carbonyl (C=O) groups excluding carboxylic acids is 1. The molecule has 1 fully saturated rings. The molecule has 166 valence electrons. The summed E-state index contributed by atoms with van der Waals surface area (Å²) in [5, 5.41) is 2.92. The Morgan fingerprint density at radius 1 is 1.23 bits per heavy atom. The molecule has 7 nitrogen and oxygen atoms in total. The van der Waals surface area contributed by atoms with Gasteiger partial charge in [0.15, 0.2) is 0 Å². The molecule has 1 N–H and O–H groups in total. The second-order valence-corrected chi connectivity index (χ2v) is 10.3. The van der Waals surface area contributed by atoms with Crippen molar-refractivity contribution in [2.45, 2.75) is 22.3 Å². The van der Waals surface area contributed by atoms with Crippen molar-refractivity contribution >= 4 is 27.7 Å². The molecule has 0 aromatic heterocycles. The minimum absolute atomic E-state index is 0.0194. The highest BCUT2D eigenvalue weighted by Gasteiger charge is 2.29. The molecular formula is C21H23FN2O5S2. The summed E-state index contributed by atoms with van der Waals surface area (Å²) < 4.78 is 51.7. The first-order valence-corrected chi connectivity index (χ1v) is 12.3. The molecule has 2 aliphatic heterocycles. The molecule has 2 aliphatic rings. The fourth-order valence-corrected chi connectivity index (χ4v) is 6.25. The van der Waals surface area contributed by atoms with Crippen LogP contribution in [0.2, 0.25) is 0 Å². The molecule has 1 amide bonds. The molecule has 1 saturated heterocycles. The third-order valence-corrected chi connectivity index (χ3v) is 8.36. The first-order valence-electron chi connectivity index (χ1n) is 9.89. The minimum atomic E-state index is -3.77. The van der Waals surface area contributed by atoms with E-state index in [1.165, 1.54) is 41.7 Å². The molecule has 0 aliphatic carbocycles. The number of nitrogens with one attached hydrogen (secondary N) is 1. The molecule has 4 rings (SSSR count). The maximum absolute atomic E-state index is 13.8. The Bertz CT molecular complexity index is 1090. The largest absolute Gasteiger partial charge is 0.496 e. The van der Waals surface area contributed by atoms with Gasteiger partial charge >= 0.3 is 0 Å². The summed E-state index contributed by atoms with van der Waals surface area (Å²) in [7, 11) is -2.34. The number of benzene rings is 2.